The van der Waals surface area contributed by atoms with Crippen molar-refractivity contribution in [3.63, 3.8) is 0 Å². The average molecular weight is 362 g/mol. The molecule has 128 valence electrons. The number of hydrogen-bond donors (Lipinski definition) is 2. The van der Waals surface area contributed by atoms with Crippen LogP contribution < -0.4 is 5.43 Å². The summed E-state index contributed by atoms with van der Waals surface area (Å²) in [5.74, 6) is -0.106. The average Bonchev–Trinajstić information content (AvgIpc) is 3.13. The Kier molecular flexibility index (Phi) is 4.07. The van der Waals surface area contributed by atoms with E-state index in [1.807, 2.05) is 53.9 Å². The highest BCUT2D eigenvalue weighted by atomic mass is 32.1. The minimum absolute atomic E-state index is 0.0509. The summed E-state index contributed by atoms with van der Waals surface area (Å²) in [4.78, 5) is 14.1. The molecule has 0 amide bonds. The quantitative estimate of drug-likeness (QED) is 0.532. The van der Waals surface area contributed by atoms with E-state index < -0.39 is 0 Å². The summed E-state index contributed by atoms with van der Waals surface area (Å²) in [5, 5.41) is 21.9. The Labute approximate surface area is 152 Å². The van der Waals surface area contributed by atoms with E-state index in [2.05, 4.69) is 0 Å². The Balaban J connectivity index is 2.03. The summed E-state index contributed by atoms with van der Waals surface area (Å²) in [6.07, 6.45) is 3.60. The molecule has 0 aliphatic heterocycles. The number of benzene rings is 2. The fourth-order valence-corrected chi connectivity index (χ4v) is 3.46. The predicted molar refractivity (Wildman–Crippen MR) is 104 cm³/mol. The lowest BCUT2D eigenvalue weighted by atomic mass is 10.0. The van der Waals surface area contributed by atoms with Crippen LogP contribution >= 0.6 is 11.3 Å². The number of hydrogen-bond acceptors (Lipinski definition) is 5. The molecule has 26 heavy (non-hydrogen) atoms. The van der Waals surface area contributed by atoms with Crippen LogP contribution in [0, 0.1) is 0 Å². The minimum Gasteiger partial charge on any atom is -0.508 e. The maximum Gasteiger partial charge on any atom is 0.204 e. The molecule has 4 aromatic rings. The van der Waals surface area contributed by atoms with Gasteiger partial charge < -0.3 is 14.6 Å². The van der Waals surface area contributed by atoms with Gasteiger partial charge in [-0.25, -0.2) is 0 Å². The highest BCUT2D eigenvalue weighted by Gasteiger charge is 2.18. The van der Waals surface area contributed by atoms with E-state index in [0.717, 1.165) is 10.9 Å². The first-order valence-corrected chi connectivity index (χ1v) is 8.81. The molecule has 5 heteroatoms. The van der Waals surface area contributed by atoms with E-state index >= 15 is 0 Å². The fraction of sp³-hybridized carbons (Fsp3) is 0. The van der Waals surface area contributed by atoms with Crippen LogP contribution in [0.1, 0.15) is 10.6 Å². The zero-order valence-corrected chi connectivity index (χ0v) is 14.4. The molecule has 0 aliphatic carbocycles. The van der Waals surface area contributed by atoms with E-state index in [1.165, 1.54) is 6.07 Å². The van der Waals surface area contributed by atoms with Crippen molar-refractivity contribution >= 4 is 34.5 Å². The van der Waals surface area contributed by atoms with Crippen molar-refractivity contribution in [2.24, 2.45) is 0 Å². The lowest BCUT2D eigenvalue weighted by Crippen LogP contribution is -2.07. The van der Waals surface area contributed by atoms with Gasteiger partial charge in [-0.05, 0) is 29.2 Å². The number of phenolic OH excluding ortho intramolecular Hbond substituents is 2. The molecule has 0 fully saturated rings. The molecule has 0 aliphatic rings. The maximum atomic E-state index is 13.1. The molecular formula is C21H14O4S. The molecule has 0 radical (unpaired) electrons. The third-order valence-corrected chi connectivity index (χ3v) is 4.83. The van der Waals surface area contributed by atoms with Gasteiger partial charge in [0, 0.05) is 17.0 Å². The zero-order chi connectivity index (χ0) is 18.1. The highest BCUT2D eigenvalue weighted by Crippen LogP contribution is 2.32. The second kappa shape index (κ2) is 6.54. The third kappa shape index (κ3) is 2.89. The standard InChI is InChI=1S/C21H14O4S/c22-14-11-16(23)20-18(12-14)25-17(9-8-15-7-4-10-26-15)19(21(20)24)13-5-2-1-3-6-13/h1-12,22-23H/b9-8+. The van der Waals surface area contributed by atoms with Gasteiger partial charge in [0.2, 0.25) is 5.43 Å². The summed E-state index contributed by atoms with van der Waals surface area (Å²) in [5.41, 5.74) is 0.854. The zero-order valence-electron chi connectivity index (χ0n) is 13.5. The molecule has 0 saturated heterocycles. The van der Waals surface area contributed by atoms with E-state index in [-0.39, 0.29) is 27.9 Å². The predicted octanol–water partition coefficient (Wildman–Crippen LogP) is 5.10. The Bertz CT molecular complexity index is 1160. The second-order valence-electron chi connectivity index (χ2n) is 5.72. The molecule has 2 heterocycles. The summed E-state index contributed by atoms with van der Waals surface area (Å²) < 4.78 is 5.89. The molecule has 0 atom stereocenters. The van der Waals surface area contributed by atoms with E-state index in [0.29, 0.717) is 16.9 Å². The van der Waals surface area contributed by atoms with Gasteiger partial charge in [0.05, 0.1) is 5.56 Å². The van der Waals surface area contributed by atoms with E-state index in [4.69, 9.17) is 4.42 Å². The van der Waals surface area contributed by atoms with Crippen molar-refractivity contribution in [2.45, 2.75) is 0 Å². The highest BCUT2D eigenvalue weighted by molar-refractivity contribution is 7.10. The van der Waals surface area contributed by atoms with Gasteiger partial charge in [0.25, 0.3) is 0 Å². The molecule has 2 N–H and O–H groups in total. The van der Waals surface area contributed by atoms with Crippen molar-refractivity contribution < 1.29 is 14.6 Å². The largest absolute Gasteiger partial charge is 0.508 e. The van der Waals surface area contributed by atoms with Crippen LogP contribution in [0.2, 0.25) is 0 Å². The summed E-state index contributed by atoms with van der Waals surface area (Å²) >= 11 is 1.57. The number of fused-ring (bicyclic) bond motifs is 1. The first-order chi connectivity index (χ1) is 12.6. The van der Waals surface area contributed by atoms with Crippen molar-refractivity contribution in [2.75, 3.05) is 0 Å². The Morgan fingerprint density at radius 2 is 1.77 bits per heavy atom. The van der Waals surface area contributed by atoms with Gasteiger partial charge in [-0.15, -0.1) is 11.3 Å². The molecule has 0 saturated carbocycles. The Morgan fingerprint density at radius 3 is 2.50 bits per heavy atom. The van der Waals surface area contributed by atoms with Gasteiger partial charge in [0.15, 0.2) is 0 Å². The Hall–Kier alpha value is -3.31. The number of phenols is 2. The summed E-state index contributed by atoms with van der Waals surface area (Å²) in [6.45, 7) is 0. The SMILES string of the molecule is O=c1c(-c2ccccc2)c(/C=C/c2cccs2)oc2cc(O)cc(O)c12. The van der Waals surface area contributed by atoms with Gasteiger partial charge >= 0.3 is 0 Å². The van der Waals surface area contributed by atoms with Gasteiger partial charge in [0.1, 0.15) is 28.2 Å². The molecule has 4 nitrogen and oxygen atoms in total. The van der Waals surface area contributed by atoms with Crippen molar-refractivity contribution in [1.82, 2.24) is 0 Å². The number of thiophene rings is 1. The lowest BCUT2D eigenvalue weighted by molar-refractivity contribution is 0.452. The monoisotopic (exact) mass is 362 g/mol. The molecule has 0 spiro atoms. The molecule has 4 rings (SSSR count). The molecule has 2 aromatic carbocycles. The van der Waals surface area contributed by atoms with Crippen LogP contribution in [0.25, 0.3) is 34.2 Å². The minimum atomic E-state index is -0.347. The first kappa shape index (κ1) is 16.2. The van der Waals surface area contributed by atoms with Crippen molar-refractivity contribution in [1.29, 1.82) is 0 Å². The van der Waals surface area contributed by atoms with Crippen LogP contribution in [-0.2, 0) is 0 Å². The van der Waals surface area contributed by atoms with Gasteiger partial charge in [-0.1, -0.05) is 36.4 Å². The smallest absolute Gasteiger partial charge is 0.204 e. The van der Waals surface area contributed by atoms with Crippen LogP contribution in [0.4, 0.5) is 0 Å². The van der Waals surface area contributed by atoms with Crippen LogP contribution in [-0.4, -0.2) is 10.2 Å². The normalized spacial score (nSPS) is 11.4. The van der Waals surface area contributed by atoms with Gasteiger partial charge in [-0.2, -0.15) is 0 Å². The summed E-state index contributed by atoms with van der Waals surface area (Å²) in [7, 11) is 0. The second-order valence-corrected chi connectivity index (χ2v) is 6.70. The molecule has 2 aromatic heterocycles. The molecule has 0 bridgehead atoms. The first-order valence-electron chi connectivity index (χ1n) is 7.93. The van der Waals surface area contributed by atoms with E-state index in [9.17, 15) is 15.0 Å². The molecular weight excluding hydrogens is 348 g/mol. The number of rotatable bonds is 3. The Morgan fingerprint density at radius 1 is 0.962 bits per heavy atom. The summed E-state index contributed by atoms with van der Waals surface area (Å²) in [6, 6.07) is 15.5. The molecule has 0 unspecified atom stereocenters. The van der Waals surface area contributed by atoms with Crippen LogP contribution in [0.15, 0.2) is 69.2 Å². The number of aromatic hydroxyl groups is 2. The fourth-order valence-electron chi connectivity index (χ4n) is 2.84. The van der Waals surface area contributed by atoms with Crippen LogP contribution in [0.5, 0.6) is 11.5 Å². The lowest BCUT2D eigenvalue weighted by Gasteiger charge is -2.09. The van der Waals surface area contributed by atoms with Crippen molar-refractivity contribution in [3.05, 3.63) is 80.8 Å². The maximum absolute atomic E-state index is 13.1. The van der Waals surface area contributed by atoms with E-state index in [1.54, 1.807) is 17.4 Å². The van der Waals surface area contributed by atoms with Crippen LogP contribution in [0.3, 0.4) is 0 Å². The topological polar surface area (TPSA) is 70.7 Å². The third-order valence-electron chi connectivity index (χ3n) is 3.99. The van der Waals surface area contributed by atoms with Crippen molar-refractivity contribution in [3.8, 4) is 22.6 Å². The van der Waals surface area contributed by atoms with Gasteiger partial charge in [-0.3, -0.25) is 4.79 Å².